The minimum absolute atomic E-state index is 0.0365. The number of aromatic carboxylic acids is 1. The molecule has 2 heterocycles. The second kappa shape index (κ2) is 6.39. The van der Waals surface area contributed by atoms with E-state index in [1.54, 1.807) is 32.0 Å². The highest BCUT2D eigenvalue weighted by atomic mass is 16.4. The number of benzene rings is 1. The van der Waals surface area contributed by atoms with Gasteiger partial charge in [-0.2, -0.15) is 0 Å². The normalized spacial score (nSPS) is 17.1. The minimum Gasteiger partial charge on any atom is -0.478 e. The first-order chi connectivity index (χ1) is 11.5. The maximum absolute atomic E-state index is 11.8. The first-order valence-corrected chi connectivity index (χ1v) is 7.92. The summed E-state index contributed by atoms with van der Waals surface area (Å²) in [5.74, 6) is -0.316. The molecule has 3 rings (SSSR count). The molecular formula is C18H19N3O3. The molecule has 6 nitrogen and oxygen atoms in total. The lowest BCUT2D eigenvalue weighted by atomic mass is 10.0. The van der Waals surface area contributed by atoms with Crippen LogP contribution in [0.25, 0.3) is 11.3 Å². The summed E-state index contributed by atoms with van der Waals surface area (Å²) in [4.78, 5) is 33.8. The summed E-state index contributed by atoms with van der Waals surface area (Å²) in [7, 11) is 0. The average molecular weight is 325 g/mol. The van der Waals surface area contributed by atoms with Gasteiger partial charge in [0.15, 0.2) is 0 Å². The molecule has 1 amide bonds. The van der Waals surface area contributed by atoms with E-state index in [0.29, 0.717) is 11.5 Å². The number of carboxylic acid groups (broad SMARTS) is 1. The molecule has 0 spiro atoms. The molecule has 1 saturated heterocycles. The van der Waals surface area contributed by atoms with E-state index in [1.807, 2.05) is 17.0 Å². The Bertz CT molecular complexity index is 804. The van der Waals surface area contributed by atoms with E-state index in [4.69, 9.17) is 5.11 Å². The van der Waals surface area contributed by atoms with Crippen LogP contribution in [0.3, 0.4) is 0 Å². The third-order valence-electron chi connectivity index (χ3n) is 4.26. The molecule has 1 N–H and O–H groups in total. The van der Waals surface area contributed by atoms with Gasteiger partial charge in [0.25, 0.3) is 0 Å². The summed E-state index contributed by atoms with van der Waals surface area (Å²) in [5.41, 5.74) is 2.44. The Labute approximate surface area is 140 Å². The van der Waals surface area contributed by atoms with Gasteiger partial charge in [-0.25, -0.2) is 14.8 Å². The fraction of sp³-hybridized carbons (Fsp3) is 0.333. The number of carbonyl (C=O) groups excluding carboxylic acids is 1. The number of carbonyl (C=O) groups is 2. The summed E-state index contributed by atoms with van der Waals surface area (Å²) in [6, 6.07) is 8.51. The Morgan fingerprint density at radius 3 is 2.75 bits per heavy atom. The predicted molar refractivity (Wildman–Crippen MR) is 88.5 cm³/mol. The zero-order valence-corrected chi connectivity index (χ0v) is 13.7. The van der Waals surface area contributed by atoms with Gasteiger partial charge in [0, 0.05) is 19.0 Å². The summed E-state index contributed by atoms with van der Waals surface area (Å²) < 4.78 is 0. The van der Waals surface area contributed by atoms with Gasteiger partial charge in [0.1, 0.15) is 5.82 Å². The number of hydrogen-bond donors (Lipinski definition) is 1. The number of aromatic nitrogens is 2. The van der Waals surface area contributed by atoms with Crippen molar-refractivity contribution >= 4 is 11.9 Å². The van der Waals surface area contributed by atoms with Gasteiger partial charge in [0.2, 0.25) is 5.91 Å². The number of likely N-dealkylation sites (tertiary alicyclic amines) is 1. The number of hydrogen-bond acceptors (Lipinski definition) is 4. The zero-order valence-electron chi connectivity index (χ0n) is 13.7. The Hall–Kier alpha value is -2.76. The fourth-order valence-corrected chi connectivity index (χ4v) is 3.17. The molecule has 124 valence electrons. The van der Waals surface area contributed by atoms with Crippen molar-refractivity contribution in [1.82, 2.24) is 14.9 Å². The molecule has 1 atom stereocenters. The molecule has 1 aliphatic heterocycles. The second-order valence-electron chi connectivity index (χ2n) is 5.98. The van der Waals surface area contributed by atoms with Crippen LogP contribution in [0.1, 0.15) is 47.7 Å². The molecule has 1 aliphatic rings. The van der Waals surface area contributed by atoms with Crippen molar-refractivity contribution in [2.75, 3.05) is 6.54 Å². The van der Waals surface area contributed by atoms with Crippen LogP contribution in [-0.4, -0.2) is 38.4 Å². The van der Waals surface area contributed by atoms with Crippen molar-refractivity contribution in [3.63, 3.8) is 0 Å². The van der Waals surface area contributed by atoms with Crippen LogP contribution in [0.15, 0.2) is 30.3 Å². The van der Waals surface area contributed by atoms with Crippen molar-refractivity contribution in [3.05, 3.63) is 47.4 Å². The molecule has 6 heteroatoms. The van der Waals surface area contributed by atoms with E-state index < -0.39 is 5.97 Å². The van der Waals surface area contributed by atoms with E-state index in [2.05, 4.69) is 9.97 Å². The molecule has 0 aliphatic carbocycles. The number of aryl methyl sites for hydroxylation is 1. The van der Waals surface area contributed by atoms with Gasteiger partial charge in [-0.05, 0) is 38.0 Å². The average Bonchev–Trinajstić information content (AvgIpc) is 3.04. The first kappa shape index (κ1) is 16.1. The lowest BCUT2D eigenvalue weighted by molar-refractivity contribution is -0.129. The predicted octanol–water partition coefficient (Wildman–Crippen LogP) is 2.83. The highest BCUT2D eigenvalue weighted by Crippen LogP contribution is 2.32. The molecule has 1 aromatic heterocycles. The minimum atomic E-state index is -0.971. The van der Waals surface area contributed by atoms with Crippen molar-refractivity contribution in [2.45, 2.75) is 32.7 Å². The quantitative estimate of drug-likeness (QED) is 0.938. The monoisotopic (exact) mass is 325 g/mol. The molecule has 0 bridgehead atoms. The number of nitrogens with zero attached hydrogens (tertiary/aromatic N) is 3. The van der Waals surface area contributed by atoms with E-state index >= 15 is 0 Å². The van der Waals surface area contributed by atoms with Crippen LogP contribution in [-0.2, 0) is 4.79 Å². The van der Waals surface area contributed by atoms with Gasteiger partial charge in [0.05, 0.1) is 23.0 Å². The van der Waals surface area contributed by atoms with E-state index in [0.717, 1.165) is 30.6 Å². The number of rotatable bonds is 3. The highest BCUT2D eigenvalue weighted by molar-refractivity contribution is 5.89. The summed E-state index contributed by atoms with van der Waals surface area (Å²) >= 11 is 0. The topological polar surface area (TPSA) is 83.4 Å². The second-order valence-corrected chi connectivity index (χ2v) is 5.98. The summed E-state index contributed by atoms with van der Waals surface area (Å²) in [6.45, 7) is 4.12. The van der Waals surface area contributed by atoms with E-state index in [-0.39, 0.29) is 17.5 Å². The maximum atomic E-state index is 11.8. The third-order valence-corrected chi connectivity index (χ3v) is 4.26. The molecular weight excluding hydrogens is 306 g/mol. The summed E-state index contributed by atoms with van der Waals surface area (Å²) in [5, 5.41) is 9.16. The molecule has 0 radical (unpaired) electrons. The van der Waals surface area contributed by atoms with Gasteiger partial charge >= 0.3 is 5.97 Å². The number of carboxylic acids is 1. The van der Waals surface area contributed by atoms with Crippen LogP contribution in [0.5, 0.6) is 0 Å². The van der Waals surface area contributed by atoms with Crippen LogP contribution in [0, 0.1) is 6.92 Å². The fourth-order valence-electron chi connectivity index (χ4n) is 3.17. The van der Waals surface area contributed by atoms with Crippen LogP contribution in [0.2, 0.25) is 0 Å². The van der Waals surface area contributed by atoms with Crippen LogP contribution < -0.4 is 0 Å². The van der Waals surface area contributed by atoms with Gasteiger partial charge in [-0.3, -0.25) is 4.79 Å². The number of amides is 1. The Balaban J connectivity index is 2.02. The molecule has 1 fully saturated rings. The SMILES string of the molecule is CC(=O)N1CCCC1c1cc(-c2cccc(C(=O)O)c2)nc(C)n1. The van der Waals surface area contributed by atoms with Crippen molar-refractivity contribution in [1.29, 1.82) is 0 Å². The van der Waals surface area contributed by atoms with Gasteiger partial charge in [-0.15, -0.1) is 0 Å². The van der Waals surface area contributed by atoms with Crippen molar-refractivity contribution in [2.24, 2.45) is 0 Å². The first-order valence-electron chi connectivity index (χ1n) is 7.92. The molecule has 2 aromatic rings. The van der Waals surface area contributed by atoms with Gasteiger partial charge in [-0.1, -0.05) is 12.1 Å². The lowest BCUT2D eigenvalue weighted by Gasteiger charge is -2.23. The Morgan fingerprint density at radius 1 is 1.25 bits per heavy atom. The Kier molecular flexibility index (Phi) is 4.29. The summed E-state index contributed by atoms with van der Waals surface area (Å²) in [6.07, 6.45) is 1.84. The molecule has 24 heavy (non-hydrogen) atoms. The van der Waals surface area contributed by atoms with Crippen LogP contribution >= 0.6 is 0 Å². The van der Waals surface area contributed by atoms with Crippen LogP contribution in [0.4, 0.5) is 0 Å². The molecule has 0 saturated carbocycles. The lowest BCUT2D eigenvalue weighted by Crippen LogP contribution is -2.28. The van der Waals surface area contributed by atoms with Crippen molar-refractivity contribution in [3.8, 4) is 11.3 Å². The Morgan fingerprint density at radius 2 is 2.04 bits per heavy atom. The molecule has 1 unspecified atom stereocenters. The standard InChI is InChI=1S/C18H19N3O3/c1-11-19-15(13-5-3-6-14(9-13)18(23)24)10-16(20-11)17-7-4-8-21(17)12(2)22/h3,5-6,9-10,17H,4,7-8H2,1-2H3,(H,23,24). The maximum Gasteiger partial charge on any atom is 0.335 e. The van der Waals surface area contributed by atoms with Crippen molar-refractivity contribution < 1.29 is 14.7 Å². The highest BCUT2D eigenvalue weighted by Gasteiger charge is 2.29. The molecule has 1 aromatic carbocycles. The van der Waals surface area contributed by atoms with E-state index in [1.165, 1.54) is 0 Å². The zero-order chi connectivity index (χ0) is 17.3. The largest absolute Gasteiger partial charge is 0.478 e. The third kappa shape index (κ3) is 3.13. The van der Waals surface area contributed by atoms with E-state index in [9.17, 15) is 9.59 Å². The van der Waals surface area contributed by atoms with Gasteiger partial charge < -0.3 is 10.0 Å². The smallest absolute Gasteiger partial charge is 0.335 e.